The summed E-state index contributed by atoms with van der Waals surface area (Å²) in [5.74, 6) is 1.81. The molecule has 0 N–H and O–H groups in total. The molecule has 1 saturated heterocycles. The van der Waals surface area contributed by atoms with Gasteiger partial charge in [0.25, 0.3) is 0 Å². The average Bonchev–Trinajstić information content (AvgIpc) is 2.06. The van der Waals surface area contributed by atoms with Crippen molar-refractivity contribution in [3.63, 3.8) is 0 Å². The second-order valence-electron chi connectivity index (χ2n) is 3.58. The van der Waals surface area contributed by atoms with Crippen molar-refractivity contribution in [3.8, 4) is 0 Å². The minimum Gasteiger partial charge on any atom is -0.381 e. The molecule has 0 radical (unpaired) electrons. The van der Waals surface area contributed by atoms with Crippen LogP contribution in [0.1, 0.15) is 39.5 Å². The van der Waals surface area contributed by atoms with Gasteiger partial charge in [-0.1, -0.05) is 33.1 Å². The Hall–Kier alpha value is -0.0400. The van der Waals surface area contributed by atoms with Crippen LogP contribution < -0.4 is 0 Å². The number of hydrogen-bond acceptors (Lipinski definition) is 1. The Kier molecular flexibility index (Phi) is 3.92. The van der Waals surface area contributed by atoms with Gasteiger partial charge in [-0.05, 0) is 18.3 Å². The molecular formula is C10H20O. The molecule has 2 atom stereocenters. The molecule has 1 heteroatoms. The van der Waals surface area contributed by atoms with Gasteiger partial charge in [0, 0.05) is 13.2 Å². The first-order valence-electron chi connectivity index (χ1n) is 4.96. The molecule has 0 spiro atoms. The van der Waals surface area contributed by atoms with Crippen LogP contribution in [0.3, 0.4) is 0 Å². The molecule has 1 rings (SSSR count). The van der Waals surface area contributed by atoms with Gasteiger partial charge in [-0.2, -0.15) is 0 Å². The van der Waals surface area contributed by atoms with Crippen molar-refractivity contribution in [2.24, 2.45) is 11.8 Å². The molecule has 66 valence electrons. The van der Waals surface area contributed by atoms with Crippen molar-refractivity contribution in [2.75, 3.05) is 13.2 Å². The Balaban J connectivity index is 2.31. The molecule has 0 amide bonds. The molecule has 0 aromatic heterocycles. The third-order valence-corrected chi connectivity index (χ3v) is 2.82. The zero-order chi connectivity index (χ0) is 8.10. The van der Waals surface area contributed by atoms with Crippen molar-refractivity contribution in [2.45, 2.75) is 39.5 Å². The lowest BCUT2D eigenvalue weighted by Crippen LogP contribution is -2.26. The molecule has 1 aliphatic rings. The summed E-state index contributed by atoms with van der Waals surface area (Å²) in [6.45, 7) is 6.58. The SMILES string of the molecule is CCCC1CCOCC1CC. The molecular weight excluding hydrogens is 136 g/mol. The van der Waals surface area contributed by atoms with Crippen LogP contribution in [0.4, 0.5) is 0 Å². The van der Waals surface area contributed by atoms with E-state index in [0.29, 0.717) is 0 Å². The number of rotatable bonds is 3. The molecule has 1 aliphatic heterocycles. The minimum absolute atomic E-state index is 0.851. The zero-order valence-electron chi connectivity index (χ0n) is 7.81. The fourth-order valence-corrected chi connectivity index (χ4v) is 2.04. The van der Waals surface area contributed by atoms with Crippen molar-refractivity contribution >= 4 is 0 Å². The average molecular weight is 156 g/mol. The van der Waals surface area contributed by atoms with Gasteiger partial charge in [0.15, 0.2) is 0 Å². The fraction of sp³-hybridized carbons (Fsp3) is 1.00. The highest BCUT2D eigenvalue weighted by molar-refractivity contribution is 4.72. The van der Waals surface area contributed by atoms with E-state index < -0.39 is 0 Å². The van der Waals surface area contributed by atoms with Crippen molar-refractivity contribution < 1.29 is 4.74 Å². The van der Waals surface area contributed by atoms with Gasteiger partial charge in [-0.25, -0.2) is 0 Å². The quantitative estimate of drug-likeness (QED) is 0.610. The molecule has 1 heterocycles. The highest BCUT2D eigenvalue weighted by Crippen LogP contribution is 2.28. The maximum atomic E-state index is 5.45. The number of ether oxygens (including phenoxy) is 1. The molecule has 11 heavy (non-hydrogen) atoms. The third-order valence-electron chi connectivity index (χ3n) is 2.82. The summed E-state index contributed by atoms with van der Waals surface area (Å²) in [4.78, 5) is 0. The van der Waals surface area contributed by atoms with Crippen molar-refractivity contribution in [1.82, 2.24) is 0 Å². The second kappa shape index (κ2) is 4.76. The smallest absolute Gasteiger partial charge is 0.0496 e. The van der Waals surface area contributed by atoms with Crippen LogP contribution in [0.2, 0.25) is 0 Å². The van der Waals surface area contributed by atoms with Crippen molar-refractivity contribution in [1.29, 1.82) is 0 Å². The summed E-state index contributed by atoms with van der Waals surface area (Å²) in [7, 11) is 0. The van der Waals surface area contributed by atoms with Gasteiger partial charge >= 0.3 is 0 Å². The normalized spacial score (nSPS) is 32.2. The Morgan fingerprint density at radius 1 is 1.27 bits per heavy atom. The Morgan fingerprint density at radius 2 is 2.09 bits per heavy atom. The first-order chi connectivity index (χ1) is 5.38. The summed E-state index contributed by atoms with van der Waals surface area (Å²) >= 11 is 0. The van der Waals surface area contributed by atoms with E-state index in [0.717, 1.165) is 25.0 Å². The van der Waals surface area contributed by atoms with Gasteiger partial charge < -0.3 is 4.74 Å². The van der Waals surface area contributed by atoms with Gasteiger partial charge in [-0.15, -0.1) is 0 Å². The predicted molar refractivity (Wildman–Crippen MR) is 47.6 cm³/mol. The largest absolute Gasteiger partial charge is 0.381 e. The maximum absolute atomic E-state index is 5.45. The van der Waals surface area contributed by atoms with Crippen molar-refractivity contribution in [3.05, 3.63) is 0 Å². The van der Waals surface area contributed by atoms with Gasteiger partial charge in [0.1, 0.15) is 0 Å². The molecule has 0 aliphatic carbocycles. The number of hydrogen-bond donors (Lipinski definition) is 0. The molecule has 0 saturated carbocycles. The summed E-state index contributed by atoms with van der Waals surface area (Å²) < 4.78 is 5.45. The van der Waals surface area contributed by atoms with Gasteiger partial charge in [0.2, 0.25) is 0 Å². The van der Waals surface area contributed by atoms with Crippen LogP contribution in [-0.2, 0) is 4.74 Å². The summed E-state index contributed by atoms with van der Waals surface area (Å²) in [6.07, 6.45) is 5.33. The molecule has 1 fully saturated rings. The van der Waals surface area contributed by atoms with Gasteiger partial charge in [0.05, 0.1) is 0 Å². The summed E-state index contributed by atoms with van der Waals surface area (Å²) in [6, 6.07) is 0. The fourth-order valence-electron chi connectivity index (χ4n) is 2.04. The second-order valence-corrected chi connectivity index (χ2v) is 3.58. The van der Waals surface area contributed by atoms with E-state index in [4.69, 9.17) is 4.74 Å². The molecule has 0 bridgehead atoms. The third kappa shape index (κ3) is 2.48. The maximum Gasteiger partial charge on any atom is 0.0496 e. The van der Waals surface area contributed by atoms with Crippen LogP contribution in [0, 0.1) is 11.8 Å². The zero-order valence-corrected chi connectivity index (χ0v) is 7.81. The Bertz CT molecular complexity index is 99.0. The van der Waals surface area contributed by atoms with E-state index in [1.165, 1.54) is 25.7 Å². The predicted octanol–water partition coefficient (Wildman–Crippen LogP) is 2.85. The lowest BCUT2D eigenvalue weighted by Gasteiger charge is -2.30. The standard InChI is InChI=1S/C10H20O/c1-3-5-10-6-7-11-8-9(10)4-2/h9-10H,3-8H2,1-2H3. The van der Waals surface area contributed by atoms with E-state index in [1.54, 1.807) is 0 Å². The van der Waals surface area contributed by atoms with E-state index in [9.17, 15) is 0 Å². The lowest BCUT2D eigenvalue weighted by molar-refractivity contribution is 0.0124. The van der Waals surface area contributed by atoms with Crippen LogP contribution in [-0.4, -0.2) is 13.2 Å². The van der Waals surface area contributed by atoms with E-state index in [1.807, 2.05) is 0 Å². The molecule has 2 unspecified atom stereocenters. The van der Waals surface area contributed by atoms with E-state index in [2.05, 4.69) is 13.8 Å². The van der Waals surface area contributed by atoms with Crippen LogP contribution in [0.5, 0.6) is 0 Å². The topological polar surface area (TPSA) is 9.23 Å². The first-order valence-corrected chi connectivity index (χ1v) is 4.96. The van der Waals surface area contributed by atoms with Gasteiger partial charge in [-0.3, -0.25) is 0 Å². The van der Waals surface area contributed by atoms with Crippen LogP contribution in [0.15, 0.2) is 0 Å². The molecule has 0 aromatic rings. The summed E-state index contributed by atoms with van der Waals surface area (Å²) in [5.41, 5.74) is 0. The highest BCUT2D eigenvalue weighted by atomic mass is 16.5. The first kappa shape index (κ1) is 9.05. The highest BCUT2D eigenvalue weighted by Gasteiger charge is 2.22. The monoisotopic (exact) mass is 156 g/mol. The summed E-state index contributed by atoms with van der Waals surface area (Å²) in [5, 5.41) is 0. The minimum atomic E-state index is 0.851. The molecule has 1 nitrogen and oxygen atoms in total. The lowest BCUT2D eigenvalue weighted by atomic mass is 9.83. The van der Waals surface area contributed by atoms with E-state index in [-0.39, 0.29) is 0 Å². The Labute approximate surface area is 70.1 Å². The van der Waals surface area contributed by atoms with Crippen LogP contribution in [0.25, 0.3) is 0 Å². The van der Waals surface area contributed by atoms with Crippen LogP contribution >= 0.6 is 0 Å². The van der Waals surface area contributed by atoms with E-state index >= 15 is 0 Å². The molecule has 0 aromatic carbocycles. The Morgan fingerprint density at radius 3 is 2.73 bits per heavy atom.